The molecule has 4 atom stereocenters. The molecular formula is C21H19ClN2O3S. The summed E-state index contributed by atoms with van der Waals surface area (Å²) >= 11 is 7.80. The summed E-state index contributed by atoms with van der Waals surface area (Å²) in [5, 5.41) is 5.09. The minimum absolute atomic E-state index is 0.116. The number of hydrogen-bond donors (Lipinski definition) is 1. The fraction of sp³-hybridized carbons (Fsp3) is 0.381. The first-order chi connectivity index (χ1) is 13.5. The summed E-state index contributed by atoms with van der Waals surface area (Å²) in [6.45, 7) is 0.409. The van der Waals surface area contributed by atoms with Crippen LogP contribution in [-0.4, -0.2) is 17.7 Å². The molecule has 1 N–H and O–H groups in total. The SMILES string of the molecule is O=C(NCc1cccs1)c1cc(N2C(=O)[C@H]3[C@@H]4CC[C@H](C4)[C@@H]3C2=O)ccc1Cl. The second-order valence-corrected chi connectivity index (χ2v) is 9.26. The van der Waals surface area contributed by atoms with Crippen molar-refractivity contribution in [3.63, 3.8) is 0 Å². The Morgan fingerprint density at radius 3 is 2.50 bits per heavy atom. The summed E-state index contributed by atoms with van der Waals surface area (Å²) in [4.78, 5) is 41.0. The molecule has 2 saturated carbocycles. The maximum atomic E-state index is 13.0. The average molecular weight is 415 g/mol. The quantitative estimate of drug-likeness (QED) is 0.772. The van der Waals surface area contributed by atoms with Crippen LogP contribution in [0.15, 0.2) is 35.7 Å². The molecule has 2 aliphatic carbocycles. The third-order valence-corrected chi connectivity index (χ3v) is 7.59. The van der Waals surface area contributed by atoms with E-state index in [1.54, 1.807) is 29.5 Å². The summed E-state index contributed by atoms with van der Waals surface area (Å²) in [7, 11) is 0. The monoisotopic (exact) mass is 414 g/mol. The lowest BCUT2D eigenvalue weighted by atomic mass is 9.81. The fourth-order valence-corrected chi connectivity index (χ4v) is 6.01. The molecule has 3 fully saturated rings. The Labute approximate surface area is 171 Å². The number of carbonyl (C=O) groups is 3. The second kappa shape index (κ2) is 6.71. The van der Waals surface area contributed by atoms with E-state index in [1.165, 1.54) is 4.90 Å². The van der Waals surface area contributed by atoms with Crippen LogP contribution in [0.2, 0.25) is 5.02 Å². The van der Waals surface area contributed by atoms with Crippen LogP contribution in [0.25, 0.3) is 0 Å². The topological polar surface area (TPSA) is 66.5 Å². The first-order valence-electron chi connectivity index (χ1n) is 9.52. The minimum atomic E-state index is -0.320. The number of nitrogens with zero attached hydrogens (tertiary/aromatic N) is 1. The van der Waals surface area contributed by atoms with E-state index in [-0.39, 0.29) is 35.1 Å². The van der Waals surface area contributed by atoms with Crippen molar-refractivity contribution in [3.8, 4) is 0 Å². The Kier molecular flexibility index (Phi) is 4.29. The van der Waals surface area contributed by atoms with E-state index in [4.69, 9.17) is 11.6 Å². The second-order valence-electron chi connectivity index (χ2n) is 7.82. The van der Waals surface area contributed by atoms with Crippen molar-refractivity contribution in [1.29, 1.82) is 0 Å². The molecule has 5 nitrogen and oxygen atoms in total. The average Bonchev–Trinajstić information content (AvgIpc) is 3.46. The minimum Gasteiger partial charge on any atom is -0.347 e. The summed E-state index contributed by atoms with van der Waals surface area (Å²) in [5.74, 6) is -0.255. The van der Waals surface area contributed by atoms with Crippen LogP contribution in [0.3, 0.4) is 0 Å². The van der Waals surface area contributed by atoms with Crippen molar-refractivity contribution < 1.29 is 14.4 Å². The summed E-state index contributed by atoms with van der Waals surface area (Å²) in [6, 6.07) is 8.66. The Hall–Kier alpha value is -2.18. The van der Waals surface area contributed by atoms with Gasteiger partial charge in [-0.25, -0.2) is 0 Å². The van der Waals surface area contributed by atoms with E-state index in [0.717, 1.165) is 24.1 Å². The number of benzene rings is 1. The van der Waals surface area contributed by atoms with Crippen molar-refractivity contribution in [2.75, 3.05) is 4.90 Å². The smallest absolute Gasteiger partial charge is 0.253 e. The molecule has 28 heavy (non-hydrogen) atoms. The summed E-state index contributed by atoms with van der Waals surface area (Å²) in [5.41, 5.74) is 0.714. The lowest BCUT2D eigenvalue weighted by Gasteiger charge is -2.19. The van der Waals surface area contributed by atoms with Crippen molar-refractivity contribution >= 4 is 46.3 Å². The number of nitrogens with one attached hydrogen (secondary N) is 1. The Morgan fingerprint density at radius 1 is 1.14 bits per heavy atom. The molecule has 2 bridgehead atoms. The lowest BCUT2D eigenvalue weighted by Crippen LogP contribution is -2.33. The first kappa shape index (κ1) is 17.9. The van der Waals surface area contributed by atoms with Gasteiger partial charge in [0, 0.05) is 4.88 Å². The summed E-state index contributed by atoms with van der Waals surface area (Å²) in [6.07, 6.45) is 3.07. The van der Waals surface area contributed by atoms with Crippen LogP contribution < -0.4 is 10.2 Å². The molecule has 0 radical (unpaired) electrons. The molecule has 1 aromatic carbocycles. The molecule has 1 aromatic heterocycles. The van der Waals surface area contributed by atoms with Gasteiger partial charge in [0.1, 0.15) is 0 Å². The van der Waals surface area contributed by atoms with Crippen LogP contribution >= 0.6 is 22.9 Å². The van der Waals surface area contributed by atoms with Gasteiger partial charge in [0.05, 0.1) is 34.7 Å². The van der Waals surface area contributed by atoms with Crippen LogP contribution in [0.1, 0.15) is 34.5 Å². The molecule has 2 aromatic rings. The van der Waals surface area contributed by atoms with Crippen molar-refractivity contribution in [3.05, 3.63) is 51.2 Å². The predicted octanol–water partition coefficient (Wildman–Crippen LogP) is 3.87. The number of amides is 3. The van der Waals surface area contributed by atoms with Crippen LogP contribution in [0.5, 0.6) is 0 Å². The first-order valence-corrected chi connectivity index (χ1v) is 10.8. The third kappa shape index (κ3) is 2.70. The number of fused-ring (bicyclic) bond motifs is 5. The van der Waals surface area contributed by atoms with E-state index in [9.17, 15) is 14.4 Å². The zero-order chi connectivity index (χ0) is 19.4. The number of rotatable bonds is 4. The summed E-state index contributed by atoms with van der Waals surface area (Å²) < 4.78 is 0. The molecule has 1 aliphatic heterocycles. The highest BCUT2D eigenvalue weighted by atomic mass is 35.5. The number of hydrogen-bond acceptors (Lipinski definition) is 4. The van der Waals surface area contributed by atoms with Crippen LogP contribution in [0, 0.1) is 23.7 Å². The standard InChI is InChI=1S/C21H19ClN2O3S/c22-16-6-5-13(9-15(16)19(25)23-10-14-2-1-7-28-14)24-20(26)17-11-3-4-12(8-11)18(17)21(24)27/h1-2,5-7,9,11-12,17-18H,3-4,8,10H2,(H,23,25)/t11-,12-,17+,18+/m1/s1. The maximum Gasteiger partial charge on any atom is 0.253 e. The van der Waals surface area contributed by atoms with E-state index >= 15 is 0 Å². The van der Waals surface area contributed by atoms with Gasteiger partial charge in [0.2, 0.25) is 11.8 Å². The highest BCUT2D eigenvalue weighted by molar-refractivity contribution is 7.09. The van der Waals surface area contributed by atoms with Crippen molar-refractivity contribution in [2.24, 2.45) is 23.7 Å². The molecule has 5 rings (SSSR count). The Morgan fingerprint density at radius 2 is 1.86 bits per heavy atom. The van der Waals surface area contributed by atoms with E-state index < -0.39 is 0 Å². The number of thiophene rings is 1. The molecule has 0 unspecified atom stereocenters. The van der Waals surface area contributed by atoms with Crippen molar-refractivity contribution in [2.45, 2.75) is 25.8 Å². The molecule has 3 amide bonds. The normalized spacial score (nSPS) is 28.1. The third-order valence-electron chi connectivity index (χ3n) is 6.38. The molecule has 3 aliphatic rings. The van der Waals surface area contributed by atoms with Crippen molar-refractivity contribution in [1.82, 2.24) is 5.32 Å². The van der Waals surface area contributed by atoms with Gasteiger partial charge in [-0.2, -0.15) is 0 Å². The van der Waals surface area contributed by atoms with Gasteiger partial charge in [-0.15, -0.1) is 11.3 Å². The molecule has 1 saturated heterocycles. The number of halogens is 1. The highest BCUT2D eigenvalue weighted by Gasteiger charge is 2.61. The van der Waals surface area contributed by atoms with E-state index in [2.05, 4.69) is 5.32 Å². The molecule has 0 spiro atoms. The van der Waals surface area contributed by atoms with Gasteiger partial charge in [0.15, 0.2) is 0 Å². The number of imide groups is 1. The molecular weight excluding hydrogens is 396 g/mol. The zero-order valence-electron chi connectivity index (χ0n) is 15.1. The molecule has 7 heteroatoms. The fourth-order valence-electron chi connectivity index (χ4n) is 5.17. The lowest BCUT2D eigenvalue weighted by molar-refractivity contribution is -0.123. The number of anilines is 1. The molecule has 144 valence electrons. The number of carbonyl (C=O) groups excluding carboxylic acids is 3. The van der Waals surface area contributed by atoms with Crippen LogP contribution in [0.4, 0.5) is 5.69 Å². The Balaban J connectivity index is 1.40. The molecule has 2 heterocycles. The largest absolute Gasteiger partial charge is 0.347 e. The van der Waals surface area contributed by atoms with Gasteiger partial charge in [-0.05, 0) is 60.7 Å². The zero-order valence-corrected chi connectivity index (χ0v) is 16.6. The van der Waals surface area contributed by atoms with Gasteiger partial charge in [-0.1, -0.05) is 17.7 Å². The van der Waals surface area contributed by atoms with Gasteiger partial charge in [-0.3, -0.25) is 19.3 Å². The van der Waals surface area contributed by atoms with Crippen LogP contribution in [-0.2, 0) is 16.1 Å². The van der Waals surface area contributed by atoms with E-state index in [0.29, 0.717) is 29.1 Å². The van der Waals surface area contributed by atoms with E-state index in [1.807, 2.05) is 17.5 Å². The van der Waals surface area contributed by atoms with Gasteiger partial charge < -0.3 is 5.32 Å². The van der Waals surface area contributed by atoms with Gasteiger partial charge in [0.25, 0.3) is 5.91 Å². The Bertz CT molecular complexity index is 946. The predicted molar refractivity (Wildman–Crippen MR) is 107 cm³/mol. The highest BCUT2D eigenvalue weighted by Crippen LogP contribution is 2.56. The maximum absolute atomic E-state index is 13.0. The van der Waals surface area contributed by atoms with Gasteiger partial charge >= 0.3 is 0 Å².